The highest BCUT2D eigenvalue weighted by Crippen LogP contribution is 2.43. The summed E-state index contributed by atoms with van der Waals surface area (Å²) in [4.78, 5) is 23.1. The number of unbranched alkanes of at least 4 members (excludes halogenated alkanes) is 17. The van der Waals surface area contributed by atoms with Crippen molar-refractivity contribution in [3.63, 3.8) is 0 Å². The van der Waals surface area contributed by atoms with Crippen LogP contribution in [-0.2, 0) is 23.1 Å². The molecule has 1 rings (SSSR count). The molecule has 0 radical (unpaired) electrons. The molecule has 54 heavy (non-hydrogen) atoms. The quantitative estimate of drug-likeness (QED) is 0.0188. The first-order valence-corrected chi connectivity index (χ1v) is 23.5. The Labute approximate surface area is 332 Å². The molecule has 1 heterocycles. The molecule has 0 saturated carbocycles. The van der Waals surface area contributed by atoms with Crippen molar-refractivity contribution >= 4 is 13.7 Å². The Balaban J connectivity index is 2.36. The van der Waals surface area contributed by atoms with Crippen LogP contribution in [0.2, 0.25) is 0 Å². The van der Waals surface area contributed by atoms with E-state index in [0.717, 1.165) is 44.9 Å². The van der Waals surface area contributed by atoms with Crippen LogP contribution in [-0.4, -0.2) is 85.6 Å². The number of aliphatic hydroxyl groups is 1. The Kier molecular flexibility index (Phi) is 30.7. The van der Waals surface area contributed by atoms with Crippen LogP contribution in [0.1, 0.15) is 174 Å². The van der Waals surface area contributed by atoms with Gasteiger partial charge < -0.3 is 24.5 Å². The van der Waals surface area contributed by atoms with Crippen molar-refractivity contribution in [3.05, 3.63) is 36.5 Å². The van der Waals surface area contributed by atoms with Gasteiger partial charge in [0, 0.05) is 6.42 Å². The van der Waals surface area contributed by atoms with E-state index in [9.17, 15) is 19.4 Å². The highest BCUT2D eigenvalue weighted by Gasteiger charge is 2.36. The zero-order chi connectivity index (χ0) is 39.8. The number of epoxide rings is 1. The van der Waals surface area contributed by atoms with Gasteiger partial charge in [-0.3, -0.25) is 13.8 Å². The number of phosphoric ester groups is 1. The molecule has 0 aromatic heterocycles. The monoisotopic (exact) mass is 784 g/mol. The van der Waals surface area contributed by atoms with Crippen molar-refractivity contribution in [1.29, 1.82) is 0 Å². The zero-order valence-electron chi connectivity index (χ0n) is 35.4. The largest absolute Gasteiger partial charge is 0.472 e. The first-order valence-electron chi connectivity index (χ1n) is 22.0. The van der Waals surface area contributed by atoms with E-state index in [1.54, 1.807) is 0 Å². The number of carbonyl (C=O) groups is 1. The molecule has 5 atom stereocenters. The number of hydrogen-bond acceptors (Lipinski definition) is 6. The second kappa shape index (κ2) is 32.7. The van der Waals surface area contributed by atoms with Crippen molar-refractivity contribution < 1.29 is 37.6 Å². The van der Waals surface area contributed by atoms with Crippen LogP contribution < -0.4 is 5.32 Å². The lowest BCUT2D eigenvalue weighted by atomic mass is 10.0. The molecule has 0 bridgehead atoms. The summed E-state index contributed by atoms with van der Waals surface area (Å²) in [5, 5.41) is 13.9. The fourth-order valence-electron chi connectivity index (χ4n) is 6.37. The highest BCUT2D eigenvalue weighted by atomic mass is 31.2. The van der Waals surface area contributed by atoms with Gasteiger partial charge in [0.25, 0.3) is 0 Å². The molecule has 1 amide bonds. The molecule has 1 fully saturated rings. The SMILES string of the molecule is CCCCC/C=C\C/C=C\CC1OC1C/C=C\CCCC(=O)N[C@@H](COP(=O)(O)OCC[N+](C)(C)C)[C@H](O)CCCCCCCCCCCCCCCC. The number of phosphoric acid groups is 1. The summed E-state index contributed by atoms with van der Waals surface area (Å²) in [6.45, 7) is 4.79. The van der Waals surface area contributed by atoms with Gasteiger partial charge in [-0.2, -0.15) is 0 Å². The minimum atomic E-state index is -4.33. The van der Waals surface area contributed by atoms with Gasteiger partial charge in [-0.05, 0) is 51.4 Å². The fourth-order valence-corrected chi connectivity index (χ4v) is 7.11. The number of quaternary nitrogens is 1. The number of nitrogens with one attached hydrogen (secondary N) is 1. The first-order chi connectivity index (χ1) is 26.0. The minimum Gasteiger partial charge on any atom is -0.391 e. The van der Waals surface area contributed by atoms with Crippen molar-refractivity contribution in [2.24, 2.45) is 0 Å². The molecule has 10 heteroatoms. The number of allylic oxidation sites excluding steroid dienone is 4. The maximum atomic E-state index is 12.9. The van der Waals surface area contributed by atoms with Crippen molar-refractivity contribution in [3.8, 4) is 0 Å². The van der Waals surface area contributed by atoms with Gasteiger partial charge in [-0.15, -0.1) is 0 Å². The Morgan fingerprint density at radius 1 is 0.722 bits per heavy atom. The average Bonchev–Trinajstić information content (AvgIpc) is 3.87. The number of hydrogen-bond donors (Lipinski definition) is 3. The minimum absolute atomic E-state index is 0.0606. The lowest BCUT2D eigenvalue weighted by Crippen LogP contribution is -2.46. The molecular formula is C44H84N2O7P+. The predicted octanol–water partition coefficient (Wildman–Crippen LogP) is 10.9. The third-order valence-corrected chi connectivity index (χ3v) is 11.0. The Bertz CT molecular complexity index is 1040. The maximum absolute atomic E-state index is 12.9. The number of likely N-dealkylation sites (N-methyl/N-ethyl adjacent to an activating group) is 1. The molecule has 3 unspecified atom stereocenters. The van der Waals surface area contributed by atoms with Gasteiger partial charge in [0.2, 0.25) is 5.91 Å². The van der Waals surface area contributed by atoms with Crippen LogP contribution in [0.4, 0.5) is 0 Å². The summed E-state index contributed by atoms with van der Waals surface area (Å²) in [7, 11) is 1.57. The number of amides is 1. The van der Waals surface area contributed by atoms with Gasteiger partial charge in [-0.25, -0.2) is 4.57 Å². The normalized spacial score (nSPS) is 18.5. The van der Waals surface area contributed by atoms with Gasteiger partial charge in [0.05, 0.1) is 52.1 Å². The number of nitrogens with zero attached hydrogens (tertiary/aromatic N) is 1. The Morgan fingerprint density at radius 3 is 1.81 bits per heavy atom. The molecular weight excluding hydrogens is 699 g/mol. The molecule has 0 spiro atoms. The van der Waals surface area contributed by atoms with E-state index < -0.39 is 20.0 Å². The maximum Gasteiger partial charge on any atom is 0.472 e. The van der Waals surface area contributed by atoms with Gasteiger partial charge in [-0.1, -0.05) is 153 Å². The summed E-state index contributed by atoms with van der Waals surface area (Å²) >= 11 is 0. The van der Waals surface area contributed by atoms with Crippen molar-refractivity contribution in [2.45, 2.75) is 199 Å². The number of aliphatic hydroxyl groups excluding tert-OH is 1. The number of rotatable bonds is 38. The average molecular weight is 784 g/mol. The van der Waals surface area contributed by atoms with Crippen LogP contribution >= 0.6 is 7.82 Å². The third kappa shape index (κ3) is 31.8. The van der Waals surface area contributed by atoms with Gasteiger partial charge in [0.1, 0.15) is 13.2 Å². The zero-order valence-corrected chi connectivity index (χ0v) is 36.3. The van der Waals surface area contributed by atoms with E-state index in [0.29, 0.717) is 36.4 Å². The smallest absolute Gasteiger partial charge is 0.391 e. The van der Waals surface area contributed by atoms with Gasteiger partial charge in [0.15, 0.2) is 0 Å². The van der Waals surface area contributed by atoms with Gasteiger partial charge >= 0.3 is 7.82 Å². The molecule has 9 nitrogen and oxygen atoms in total. The van der Waals surface area contributed by atoms with E-state index >= 15 is 0 Å². The second-order valence-electron chi connectivity index (χ2n) is 16.5. The van der Waals surface area contributed by atoms with Crippen molar-refractivity contribution in [1.82, 2.24) is 5.32 Å². The molecule has 316 valence electrons. The lowest BCUT2D eigenvalue weighted by molar-refractivity contribution is -0.870. The Hall–Kier alpha value is -1.32. The summed E-state index contributed by atoms with van der Waals surface area (Å²) < 4.78 is 29.4. The van der Waals surface area contributed by atoms with Crippen molar-refractivity contribution in [2.75, 3.05) is 40.9 Å². The summed E-state index contributed by atoms with van der Waals surface area (Å²) in [5.74, 6) is -0.205. The number of carbonyl (C=O) groups excluding carboxylic acids is 1. The molecule has 1 saturated heterocycles. The standard InChI is InChI=1S/C44H83N2O7P/c1-6-8-10-12-14-16-17-18-19-20-22-23-25-29-33-41(47)40(39-52-54(49,50)51-38-37-46(3,4)5)45-44(48)36-32-28-27-31-35-43-42(53-43)34-30-26-24-21-15-13-11-9-7-2/h15,21,26-27,30-31,40-43,47H,6-14,16-20,22-25,28-29,32-39H2,1-5H3,(H-,45,48,49,50)/p+1/b21-15-,30-26-,31-27-/t40-,41+,42?,43?/m0/s1. The summed E-state index contributed by atoms with van der Waals surface area (Å²) in [5.41, 5.74) is 0. The second-order valence-corrected chi connectivity index (χ2v) is 17.9. The Morgan fingerprint density at radius 2 is 1.22 bits per heavy atom. The van der Waals surface area contributed by atoms with Crippen LogP contribution in [0, 0.1) is 0 Å². The van der Waals surface area contributed by atoms with Crippen LogP contribution in [0.5, 0.6) is 0 Å². The van der Waals surface area contributed by atoms with E-state index in [-0.39, 0.29) is 25.2 Å². The first kappa shape index (κ1) is 50.7. The topological polar surface area (TPSA) is 118 Å². The fraction of sp³-hybridized carbons (Fsp3) is 0.841. The third-order valence-electron chi connectivity index (χ3n) is 10.0. The van der Waals surface area contributed by atoms with E-state index in [2.05, 4.69) is 55.6 Å². The van der Waals surface area contributed by atoms with Crippen LogP contribution in [0.15, 0.2) is 36.5 Å². The van der Waals surface area contributed by atoms with Crippen LogP contribution in [0.25, 0.3) is 0 Å². The number of ether oxygens (including phenoxy) is 1. The highest BCUT2D eigenvalue weighted by molar-refractivity contribution is 7.47. The molecule has 0 aromatic rings. The molecule has 3 N–H and O–H groups in total. The molecule has 0 aromatic carbocycles. The summed E-state index contributed by atoms with van der Waals surface area (Å²) in [6.07, 6.45) is 40.5. The molecule has 1 aliphatic rings. The van der Waals surface area contributed by atoms with E-state index in [1.807, 2.05) is 21.1 Å². The lowest BCUT2D eigenvalue weighted by Gasteiger charge is -2.26. The van der Waals surface area contributed by atoms with E-state index in [4.69, 9.17) is 13.8 Å². The van der Waals surface area contributed by atoms with Crippen LogP contribution in [0.3, 0.4) is 0 Å². The molecule has 0 aliphatic carbocycles. The van der Waals surface area contributed by atoms with E-state index in [1.165, 1.54) is 96.3 Å². The summed E-state index contributed by atoms with van der Waals surface area (Å²) in [6, 6.07) is -0.794. The predicted molar refractivity (Wildman–Crippen MR) is 225 cm³/mol. The molecule has 1 aliphatic heterocycles.